The number of pyridine rings is 1. The summed E-state index contributed by atoms with van der Waals surface area (Å²) in [6.45, 7) is 0. The first-order valence-electron chi connectivity index (χ1n) is 7.59. The molecule has 2 aliphatic heterocycles. The van der Waals surface area contributed by atoms with Gasteiger partial charge in [0.2, 0.25) is 0 Å². The molecule has 2 fully saturated rings. The summed E-state index contributed by atoms with van der Waals surface area (Å²) in [5.74, 6) is 0. The number of nitriles is 1. The van der Waals surface area contributed by atoms with Crippen molar-refractivity contribution in [2.75, 3.05) is 4.90 Å². The van der Waals surface area contributed by atoms with Crippen LogP contribution < -0.4 is 4.90 Å². The zero-order chi connectivity index (χ0) is 15.1. The van der Waals surface area contributed by atoms with E-state index in [1.54, 1.807) is 12.4 Å². The van der Waals surface area contributed by atoms with Crippen LogP contribution in [0.1, 0.15) is 37.4 Å². The van der Waals surface area contributed by atoms with Gasteiger partial charge in [0, 0.05) is 24.5 Å². The van der Waals surface area contributed by atoms with Crippen molar-refractivity contribution in [2.24, 2.45) is 0 Å². The molecule has 22 heavy (non-hydrogen) atoms. The summed E-state index contributed by atoms with van der Waals surface area (Å²) in [6, 6.07) is 7.43. The smallest absolute Gasteiger partial charge is 0.163 e. The molecule has 112 valence electrons. The third kappa shape index (κ3) is 2.15. The normalized spacial score (nSPS) is 26.9. The Morgan fingerprint density at radius 2 is 2.00 bits per heavy atom. The Hall–Kier alpha value is -2.06. The fourth-order valence-corrected chi connectivity index (χ4v) is 4.11. The van der Waals surface area contributed by atoms with Gasteiger partial charge in [-0.15, -0.1) is 0 Å². The summed E-state index contributed by atoms with van der Waals surface area (Å²) >= 11 is 5.99. The van der Waals surface area contributed by atoms with Crippen LogP contribution in [-0.2, 0) is 0 Å². The maximum atomic E-state index is 9.31. The minimum atomic E-state index is 0.392. The van der Waals surface area contributed by atoms with Gasteiger partial charge in [0.05, 0.1) is 22.9 Å². The molecule has 0 N–H and O–H groups in total. The van der Waals surface area contributed by atoms with Crippen LogP contribution in [0.15, 0.2) is 30.7 Å². The topological polar surface area (TPSA) is 57.7 Å². The molecule has 0 aromatic carbocycles. The van der Waals surface area contributed by atoms with Crippen molar-refractivity contribution in [3.05, 3.63) is 41.4 Å². The van der Waals surface area contributed by atoms with Gasteiger partial charge in [-0.1, -0.05) is 11.6 Å². The van der Waals surface area contributed by atoms with Crippen LogP contribution in [0.25, 0.3) is 0 Å². The molecule has 0 spiro atoms. The largest absolute Gasteiger partial charge is 0.363 e. The predicted molar refractivity (Wildman–Crippen MR) is 83.7 cm³/mol. The lowest BCUT2D eigenvalue weighted by molar-refractivity contribution is 0.314. The van der Waals surface area contributed by atoms with Gasteiger partial charge in [-0.25, -0.2) is 4.98 Å². The average molecular weight is 314 g/mol. The molecule has 2 aromatic rings. The molecule has 5 nitrogen and oxygen atoms in total. The van der Waals surface area contributed by atoms with E-state index in [2.05, 4.69) is 21.1 Å². The van der Waals surface area contributed by atoms with E-state index < -0.39 is 0 Å². The molecule has 0 amide bonds. The summed E-state index contributed by atoms with van der Waals surface area (Å²) < 4.78 is 2.00. The molecule has 2 aromatic heterocycles. The number of nitrogens with zero attached hydrogens (tertiary/aromatic N) is 5. The zero-order valence-corrected chi connectivity index (χ0v) is 12.8. The van der Waals surface area contributed by atoms with Crippen molar-refractivity contribution >= 4 is 17.3 Å². The highest BCUT2D eigenvalue weighted by molar-refractivity contribution is 6.30. The first kappa shape index (κ1) is 13.6. The van der Waals surface area contributed by atoms with Crippen LogP contribution in [0, 0.1) is 11.3 Å². The highest BCUT2D eigenvalue weighted by Crippen LogP contribution is 2.43. The van der Waals surface area contributed by atoms with Crippen LogP contribution >= 0.6 is 11.6 Å². The lowest BCUT2D eigenvalue weighted by atomic mass is 9.96. The Morgan fingerprint density at radius 3 is 2.64 bits per heavy atom. The molecule has 2 atom stereocenters. The van der Waals surface area contributed by atoms with Crippen molar-refractivity contribution in [1.29, 1.82) is 5.26 Å². The van der Waals surface area contributed by atoms with Crippen LogP contribution in [0.2, 0.25) is 5.02 Å². The Morgan fingerprint density at radius 1 is 1.23 bits per heavy atom. The summed E-state index contributed by atoms with van der Waals surface area (Å²) in [4.78, 5) is 6.62. The number of piperidine rings is 1. The third-order valence-electron chi connectivity index (χ3n) is 4.82. The van der Waals surface area contributed by atoms with Crippen LogP contribution in [0.5, 0.6) is 0 Å². The second-order valence-electron chi connectivity index (χ2n) is 6.04. The Labute approximate surface area is 134 Å². The maximum Gasteiger partial charge on any atom is 0.163 e. The number of anilines is 1. The van der Waals surface area contributed by atoms with Crippen molar-refractivity contribution in [2.45, 2.75) is 43.8 Å². The number of fused-ring (bicyclic) bond motifs is 2. The van der Waals surface area contributed by atoms with E-state index in [1.807, 2.05) is 23.0 Å². The van der Waals surface area contributed by atoms with E-state index in [0.29, 0.717) is 28.8 Å². The van der Waals surface area contributed by atoms with Crippen molar-refractivity contribution in [1.82, 2.24) is 14.8 Å². The molecule has 0 saturated carbocycles. The van der Waals surface area contributed by atoms with E-state index in [1.165, 1.54) is 0 Å². The van der Waals surface area contributed by atoms with Gasteiger partial charge in [-0.05, 0) is 37.8 Å². The molecule has 2 aliphatic rings. The van der Waals surface area contributed by atoms with Crippen molar-refractivity contribution in [3.63, 3.8) is 0 Å². The second-order valence-corrected chi connectivity index (χ2v) is 6.48. The van der Waals surface area contributed by atoms with Crippen molar-refractivity contribution in [3.8, 4) is 6.07 Å². The number of halogens is 1. The molecule has 6 heteroatoms. The Bertz CT molecular complexity index is 720. The minimum absolute atomic E-state index is 0.392. The van der Waals surface area contributed by atoms with Gasteiger partial charge < -0.3 is 4.90 Å². The molecule has 0 radical (unpaired) electrons. The molecule has 2 saturated heterocycles. The van der Waals surface area contributed by atoms with Gasteiger partial charge in [0.15, 0.2) is 5.69 Å². The first-order chi connectivity index (χ1) is 10.8. The van der Waals surface area contributed by atoms with Gasteiger partial charge in [0.25, 0.3) is 0 Å². The fraction of sp³-hybridized carbons (Fsp3) is 0.438. The third-order valence-corrected chi connectivity index (χ3v) is 5.02. The summed E-state index contributed by atoms with van der Waals surface area (Å²) in [6.07, 6.45) is 9.69. The lowest BCUT2D eigenvalue weighted by Crippen LogP contribution is -2.44. The average Bonchev–Trinajstić information content (AvgIpc) is 3.08. The van der Waals surface area contributed by atoms with Gasteiger partial charge in [-0.3, -0.25) is 4.68 Å². The predicted octanol–water partition coefficient (Wildman–Crippen LogP) is 3.18. The monoisotopic (exact) mass is 313 g/mol. The highest BCUT2D eigenvalue weighted by Gasteiger charge is 2.42. The molecule has 4 heterocycles. The summed E-state index contributed by atoms with van der Waals surface area (Å²) in [5, 5.41) is 14.4. The Balaban J connectivity index is 1.63. The molecule has 4 rings (SSSR count). The number of aromatic nitrogens is 3. The van der Waals surface area contributed by atoms with E-state index in [9.17, 15) is 5.26 Å². The van der Waals surface area contributed by atoms with Gasteiger partial charge in [0.1, 0.15) is 6.07 Å². The number of hydrogen-bond donors (Lipinski definition) is 0. The molecular weight excluding hydrogens is 298 g/mol. The number of hydrogen-bond acceptors (Lipinski definition) is 4. The van der Waals surface area contributed by atoms with Crippen LogP contribution in [0.4, 0.5) is 5.69 Å². The summed E-state index contributed by atoms with van der Waals surface area (Å²) in [5.41, 5.74) is 1.51. The lowest BCUT2D eigenvalue weighted by Gasteiger charge is -2.40. The van der Waals surface area contributed by atoms with Crippen molar-refractivity contribution < 1.29 is 0 Å². The van der Waals surface area contributed by atoms with E-state index in [-0.39, 0.29) is 0 Å². The van der Waals surface area contributed by atoms with Gasteiger partial charge >= 0.3 is 0 Å². The zero-order valence-electron chi connectivity index (χ0n) is 12.1. The van der Waals surface area contributed by atoms with E-state index >= 15 is 0 Å². The standard InChI is InChI=1S/C16H16ClN5/c17-11-9-20-21(10-11)14-6-12-3-4-13(7-14)22(12)16-2-1-5-19-15(16)8-18/h1-2,5,9-10,12-14H,3-4,6-7H2. The first-order valence-corrected chi connectivity index (χ1v) is 7.97. The van der Waals surface area contributed by atoms with Gasteiger partial charge in [-0.2, -0.15) is 10.4 Å². The quantitative estimate of drug-likeness (QED) is 0.854. The Kier molecular flexibility index (Phi) is 3.27. The maximum absolute atomic E-state index is 9.31. The molecule has 0 aliphatic carbocycles. The van der Waals surface area contributed by atoms with Crippen LogP contribution in [-0.4, -0.2) is 26.8 Å². The van der Waals surface area contributed by atoms with Crippen LogP contribution in [0.3, 0.4) is 0 Å². The minimum Gasteiger partial charge on any atom is -0.363 e. The highest BCUT2D eigenvalue weighted by atomic mass is 35.5. The molecule has 2 unspecified atom stereocenters. The molecule has 2 bridgehead atoms. The molecular formula is C16H16ClN5. The second kappa shape index (κ2) is 5.29. The number of rotatable bonds is 2. The van der Waals surface area contributed by atoms with E-state index in [4.69, 9.17) is 11.6 Å². The van der Waals surface area contributed by atoms with E-state index in [0.717, 1.165) is 31.4 Å². The SMILES string of the molecule is N#Cc1ncccc1N1C2CCC1CC(n1cc(Cl)cn1)C2. The fourth-order valence-electron chi connectivity index (χ4n) is 3.96. The summed E-state index contributed by atoms with van der Waals surface area (Å²) in [7, 11) is 0.